The molecule has 0 aromatic carbocycles. The fraction of sp³-hybridized carbons (Fsp3) is 0.545. The van der Waals surface area contributed by atoms with Crippen LogP contribution in [0.4, 0.5) is 5.82 Å². The highest BCUT2D eigenvalue weighted by Gasteiger charge is 2.25. The second-order valence-electron chi connectivity index (χ2n) is 4.27. The lowest BCUT2D eigenvalue weighted by atomic mass is 10.0. The Morgan fingerprint density at radius 3 is 2.93 bits per heavy atom. The number of aryl methyl sites for hydroxylation is 1. The van der Waals surface area contributed by atoms with Gasteiger partial charge in [0.1, 0.15) is 5.82 Å². The van der Waals surface area contributed by atoms with E-state index in [4.69, 9.17) is 11.5 Å². The van der Waals surface area contributed by atoms with E-state index in [1.54, 1.807) is 6.20 Å². The van der Waals surface area contributed by atoms with Crippen molar-refractivity contribution in [1.29, 1.82) is 0 Å². The number of nitrogens with zero attached hydrogens (tertiary/aromatic N) is 1. The van der Waals surface area contributed by atoms with Crippen LogP contribution in [0.1, 0.15) is 36.4 Å². The van der Waals surface area contributed by atoms with Gasteiger partial charge in [-0.05, 0) is 30.9 Å². The Kier molecular flexibility index (Phi) is 2.42. The molecule has 3 nitrogen and oxygen atoms in total. The minimum atomic E-state index is 0.0647. The van der Waals surface area contributed by atoms with Gasteiger partial charge in [-0.3, -0.25) is 0 Å². The Morgan fingerprint density at radius 1 is 1.57 bits per heavy atom. The van der Waals surface area contributed by atoms with E-state index in [1.165, 1.54) is 12.8 Å². The summed E-state index contributed by atoms with van der Waals surface area (Å²) in [6, 6.07) is 2.12. The zero-order valence-electron chi connectivity index (χ0n) is 8.53. The average Bonchev–Trinajstić information content (AvgIpc) is 2.93. The number of hydrogen-bond donors (Lipinski definition) is 2. The van der Waals surface area contributed by atoms with Crippen molar-refractivity contribution in [2.24, 2.45) is 11.7 Å². The van der Waals surface area contributed by atoms with Crippen LogP contribution in [0.2, 0.25) is 0 Å². The molecule has 1 saturated carbocycles. The molecule has 0 radical (unpaired) electrons. The molecule has 1 fully saturated rings. The molecular weight excluding hydrogens is 174 g/mol. The first kappa shape index (κ1) is 9.46. The highest BCUT2D eigenvalue weighted by Crippen LogP contribution is 2.37. The third-order valence-corrected chi connectivity index (χ3v) is 2.77. The standard InChI is InChI=1S/C11H17N3/c1-7-4-9(11(13)14-6-7)10(12)5-8-2-3-8/h4,6,8,10H,2-3,5,12H2,1H3,(H2,13,14). The van der Waals surface area contributed by atoms with E-state index in [0.717, 1.165) is 23.5 Å². The van der Waals surface area contributed by atoms with Crippen molar-refractivity contribution in [2.75, 3.05) is 5.73 Å². The Bertz CT molecular complexity index is 331. The summed E-state index contributed by atoms with van der Waals surface area (Å²) in [7, 11) is 0. The molecule has 3 heteroatoms. The maximum absolute atomic E-state index is 6.09. The Hall–Kier alpha value is -1.09. The van der Waals surface area contributed by atoms with Crippen LogP contribution < -0.4 is 11.5 Å². The molecular formula is C11H17N3. The van der Waals surface area contributed by atoms with Gasteiger partial charge in [0.25, 0.3) is 0 Å². The number of aromatic nitrogens is 1. The van der Waals surface area contributed by atoms with Crippen LogP contribution in [-0.2, 0) is 0 Å². The molecule has 1 unspecified atom stereocenters. The van der Waals surface area contributed by atoms with E-state index in [1.807, 2.05) is 6.92 Å². The predicted octanol–water partition coefficient (Wildman–Crippen LogP) is 1.77. The third-order valence-electron chi connectivity index (χ3n) is 2.77. The van der Waals surface area contributed by atoms with E-state index in [0.29, 0.717) is 5.82 Å². The summed E-state index contributed by atoms with van der Waals surface area (Å²) in [6.07, 6.45) is 5.48. The number of anilines is 1. The summed E-state index contributed by atoms with van der Waals surface area (Å²) < 4.78 is 0. The second-order valence-corrected chi connectivity index (χ2v) is 4.27. The van der Waals surface area contributed by atoms with Crippen LogP contribution in [0.3, 0.4) is 0 Å². The first-order valence-corrected chi connectivity index (χ1v) is 5.14. The quantitative estimate of drug-likeness (QED) is 0.765. The number of nitrogens with two attached hydrogens (primary N) is 2. The molecule has 14 heavy (non-hydrogen) atoms. The molecule has 0 aliphatic heterocycles. The minimum absolute atomic E-state index is 0.0647. The molecule has 1 aliphatic carbocycles. The molecule has 76 valence electrons. The fourth-order valence-corrected chi connectivity index (χ4v) is 1.74. The Labute approximate surface area is 84.5 Å². The first-order chi connectivity index (χ1) is 6.66. The third kappa shape index (κ3) is 2.04. The largest absolute Gasteiger partial charge is 0.383 e. The lowest BCUT2D eigenvalue weighted by Gasteiger charge is -2.13. The molecule has 4 N–H and O–H groups in total. The first-order valence-electron chi connectivity index (χ1n) is 5.14. The van der Waals surface area contributed by atoms with Crippen LogP contribution in [-0.4, -0.2) is 4.98 Å². The molecule has 1 atom stereocenters. The summed E-state index contributed by atoms with van der Waals surface area (Å²) in [5, 5.41) is 0. The van der Waals surface area contributed by atoms with Crippen molar-refractivity contribution in [3.8, 4) is 0 Å². The molecule has 2 rings (SSSR count). The van der Waals surface area contributed by atoms with Crippen LogP contribution >= 0.6 is 0 Å². The van der Waals surface area contributed by atoms with Gasteiger partial charge in [0.05, 0.1) is 0 Å². The smallest absolute Gasteiger partial charge is 0.128 e. The Balaban J connectivity index is 2.15. The van der Waals surface area contributed by atoms with Gasteiger partial charge in [-0.25, -0.2) is 4.98 Å². The van der Waals surface area contributed by atoms with Crippen molar-refractivity contribution < 1.29 is 0 Å². The maximum Gasteiger partial charge on any atom is 0.128 e. The summed E-state index contributed by atoms with van der Waals surface area (Å²) in [6.45, 7) is 2.01. The fourth-order valence-electron chi connectivity index (χ4n) is 1.74. The van der Waals surface area contributed by atoms with Crippen LogP contribution in [0.15, 0.2) is 12.3 Å². The van der Waals surface area contributed by atoms with Gasteiger partial charge in [0, 0.05) is 17.8 Å². The summed E-state index contributed by atoms with van der Waals surface area (Å²) >= 11 is 0. The lowest BCUT2D eigenvalue weighted by Crippen LogP contribution is -2.14. The number of rotatable bonds is 3. The molecule has 1 aromatic rings. The van der Waals surface area contributed by atoms with Gasteiger partial charge in [-0.15, -0.1) is 0 Å². The molecule has 1 heterocycles. The normalized spacial score (nSPS) is 18.1. The lowest BCUT2D eigenvalue weighted by molar-refractivity contribution is 0.596. The van der Waals surface area contributed by atoms with E-state index in [-0.39, 0.29) is 6.04 Å². The van der Waals surface area contributed by atoms with Gasteiger partial charge >= 0.3 is 0 Å². The van der Waals surface area contributed by atoms with Gasteiger partial charge in [0.15, 0.2) is 0 Å². The van der Waals surface area contributed by atoms with E-state index in [9.17, 15) is 0 Å². The molecule has 0 bridgehead atoms. The van der Waals surface area contributed by atoms with Crippen molar-refractivity contribution in [3.63, 3.8) is 0 Å². The molecule has 0 saturated heterocycles. The van der Waals surface area contributed by atoms with Crippen molar-refractivity contribution in [2.45, 2.75) is 32.2 Å². The second kappa shape index (κ2) is 3.58. The van der Waals surface area contributed by atoms with E-state index < -0.39 is 0 Å². The van der Waals surface area contributed by atoms with Crippen LogP contribution in [0, 0.1) is 12.8 Å². The number of nitrogen functional groups attached to an aromatic ring is 1. The van der Waals surface area contributed by atoms with E-state index in [2.05, 4.69) is 11.1 Å². The summed E-state index contributed by atoms with van der Waals surface area (Å²) in [4.78, 5) is 4.13. The number of pyridine rings is 1. The van der Waals surface area contributed by atoms with Crippen LogP contribution in [0.5, 0.6) is 0 Å². The monoisotopic (exact) mass is 191 g/mol. The van der Waals surface area contributed by atoms with Gasteiger partial charge < -0.3 is 11.5 Å². The molecule has 1 aromatic heterocycles. The Morgan fingerprint density at radius 2 is 2.29 bits per heavy atom. The zero-order valence-corrected chi connectivity index (χ0v) is 8.53. The molecule has 1 aliphatic rings. The van der Waals surface area contributed by atoms with Gasteiger partial charge in [-0.1, -0.05) is 12.8 Å². The summed E-state index contributed by atoms with van der Waals surface area (Å²) in [5.74, 6) is 1.41. The maximum atomic E-state index is 6.09. The highest BCUT2D eigenvalue weighted by molar-refractivity contribution is 5.42. The molecule has 0 amide bonds. The average molecular weight is 191 g/mol. The van der Waals surface area contributed by atoms with Gasteiger partial charge in [-0.2, -0.15) is 0 Å². The van der Waals surface area contributed by atoms with Gasteiger partial charge in [0.2, 0.25) is 0 Å². The van der Waals surface area contributed by atoms with Crippen molar-refractivity contribution in [3.05, 3.63) is 23.4 Å². The predicted molar refractivity (Wildman–Crippen MR) is 57.7 cm³/mol. The molecule has 0 spiro atoms. The zero-order chi connectivity index (χ0) is 10.1. The highest BCUT2D eigenvalue weighted by atomic mass is 14.8. The van der Waals surface area contributed by atoms with E-state index >= 15 is 0 Å². The number of hydrogen-bond acceptors (Lipinski definition) is 3. The van der Waals surface area contributed by atoms with Crippen molar-refractivity contribution >= 4 is 5.82 Å². The SMILES string of the molecule is Cc1cnc(N)c(C(N)CC2CC2)c1. The topological polar surface area (TPSA) is 64.9 Å². The van der Waals surface area contributed by atoms with Crippen LogP contribution in [0.25, 0.3) is 0 Å². The minimum Gasteiger partial charge on any atom is -0.383 e. The summed E-state index contributed by atoms with van der Waals surface area (Å²) in [5.41, 5.74) is 14.0. The van der Waals surface area contributed by atoms with Crippen molar-refractivity contribution in [1.82, 2.24) is 4.98 Å².